The largest absolute Gasteiger partial charge is 0.381 e. The summed E-state index contributed by atoms with van der Waals surface area (Å²) < 4.78 is 0. The number of anilines is 2. The van der Waals surface area contributed by atoms with Gasteiger partial charge in [0.2, 0.25) is 0 Å². The van der Waals surface area contributed by atoms with Crippen LogP contribution in [0.5, 0.6) is 0 Å². The topological polar surface area (TPSA) is 94.0 Å². The summed E-state index contributed by atoms with van der Waals surface area (Å²) in [4.78, 5) is 16.1. The molecule has 178 valence electrons. The zero-order valence-electron chi connectivity index (χ0n) is 19.0. The van der Waals surface area contributed by atoms with Crippen molar-refractivity contribution in [3.05, 3.63) is 28.6 Å². The second-order valence-electron chi connectivity index (χ2n) is 8.86. The minimum absolute atomic E-state index is 0.272. The Balaban J connectivity index is 0.000000547. The van der Waals surface area contributed by atoms with Gasteiger partial charge >= 0.3 is 0 Å². The van der Waals surface area contributed by atoms with E-state index in [0.717, 1.165) is 29.7 Å². The molecule has 0 aromatic carbocycles. The van der Waals surface area contributed by atoms with Crippen LogP contribution in [0.4, 0.5) is 11.6 Å². The molecule has 6 nitrogen and oxygen atoms in total. The number of nitrogens with two attached hydrogens (primary N) is 2. The highest BCUT2D eigenvalue weighted by Gasteiger charge is 2.37. The molecular weight excluding hydrogens is 483 g/mol. The van der Waals surface area contributed by atoms with Crippen LogP contribution in [0.15, 0.2) is 28.4 Å². The van der Waals surface area contributed by atoms with Crippen LogP contribution in [0.2, 0.25) is 10.2 Å². The predicted octanol–water partition coefficient (Wildman–Crippen LogP) is 6.52. The van der Waals surface area contributed by atoms with Gasteiger partial charge < -0.3 is 10.6 Å². The SMILES string of the molecule is CC(C)C.NS.Nc1nc(N2CCC3(CCCC3)CC2)cnc1Sc1ccnc(Cl)c1Cl. The Bertz CT molecular complexity index is 850. The van der Waals surface area contributed by atoms with E-state index < -0.39 is 0 Å². The summed E-state index contributed by atoms with van der Waals surface area (Å²) in [6, 6.07) is 1.79. The molecule has 2 aromatic rings. The van der Waals surface area contributed by atoms with E-state index in [1.807, 2.05) is 6.20 Å². The lowest BCUT2D eigenvalue weighted by Crippen LogP contribution is -2.39. The van der Waals surface area contributed by atoms with Crippen molar-refractivity contribution < 1.29 is 0 Å². The lowest BCUT2D eigenvalue weighted by Gasteiger charge is -2.39. The first-order valence-electron chi connectivity index (χ1n) is 10.9. The van der Waals surface area contributed by atoms with Crippen LogP contribution in [-0.2, 0) is 0 Å². The van der Waals surface area contributed by atoms with Gasteiger partial charge in [-0.1, -0.05) is 68.6 Å². The van der Waals surface area contributed by atoms with Crippen LogP contribution in [0.1, 0.15) is 59.3 Å². The second kappa shape index (κ2) is 13.1. The standard InChI is InChI=1S/C18H21Cl2N5S.C4H10.H3NS/c19-14-12(3-8-22-15(14)20)26-17-16(21)24-13(11-23-17)25-9-6-18(7-10-25)4-1-2-5-18;1-4(2)3;1-2/h3,8,11H,1-2,4-7,9-10H2,(H2,21,24);4H,1-3H3;2H,1H2. The smallest absolute Gasteiger partial charge is 0.158 e. The molecule has 1 saturated heterocycles. The minimum Gasteiger partial charge on any atom is -0.381 e. The number of halogens is 2. The van der Waals surface area contributed by atoms with Crippen molar-refractivity contribution in [2.24, 2.45) is 16.5 Å². The van der Waals surface area contributed by atoms with E-state index in [1.54, 1.807) is 12.3 Å². The average molecular weight is 518 g/mol. The Labute approximate surface area is 211 Å². The Morgan fingerprint density at radius 2 is 1.66 bits per heavy atom. The molecule has 2 aromatic heterocycles. The molecule has 2 aliphatic rings. The summed E-state index contributed by atoms with van der Waals surface area (Å²) in [7, 11) is 0. The van der Waals surface area contributed by atoms with Gasteiger partial charge in [0.1, 0.15) is 16.0 Å². The highest BCUT2D eigenvalue weighted by molar-refractivity contribution is 7.99. The fourth-order valence-electron chi connectivity index (χ4n) is 4.03. The third kappa shape index (κ3) is 7.55. The lowest BCUT2D eigenvalue weighted by atomic mass is 9.77. The van der Waals surface area contributed by atoms with Crippen LogP contribution < -0.4 is 15.8 Å². The molecule has 0 radical (unpaired) electrons. The molecule has 2 fully saturated rings. The maximum atomic E-state index is 6.20. The molecule has 10 heteroatoms. The summed E-state index contributed by atoms with van der Waals surface area (Å²) in [5, 5.41) is 5.50. The number of hydrogen-bond donors (Lipinski definition) is 3. The van der Waals surface area contributed by atoms with Gasteiger partial charge in [-0.3, -0.25) is 5.14 Å². The summed E-state index contributed by atoms with van der Waals surface area (Å²) in [5.41, 5.74) is 6.75. The third-order valence-electron chi connectivity index (χ3n) is 5.58. The van der Waals surface area contributed by atoms with Gasteiger partial charge in [0.05, 0.1) is 11.2 Å². The Morgan fingerprint density at radius 1 is 1.06 bits per heavy atom. The molecule has 3 heterocycles. The molecule has 1 saturated carbocycles. The first kappa shape index (κ1) is 27.3. The van der Waals surface area contributed by atoms with Crippen LogP contribution in [0, 0.1) is 11.3 Å². The van der Waals surface area contributed by atoms with Crippen molar-refractivity contribution in [3.8, 4) is 0 Å². The average Bonchev–Trinajstić information content (AvgIpc) is 3.22. The predicted molar refractivity (Wildman–Crippen MR) is 141 cm³/mol. The van der Waals surface area contributed by atoms with E-state index >= 15 is 0 Å². The highest BCUT2D eigenvalue weighted by atomic mass is 35.5. The summed E-state index contributed by atoms with van der Waals surface area (Å²) in [5.74, 6) is 2.11. The zero-order chi connectivity index (χ0) is 23.7. The van der Waals surface area contributed by atoms with Gasteiger partial charge in [0.15, 0.2) is 5.82 Å². The van der Waals surface area contributed by atoms with E-state index in [1.165, 1.54) is 50.3 Å². The van der Waals surface area contributed by atoms with Crippen LogP contribution in [0.3, 0.4) is 0 Å². The van der Waals surface area contributed by atoms with Crippen molar-refractivity contribution in [3.63, 3.8) is 0 Å². The molecule has 0 atom stereocenters. The van der Waals surface area contributed by atoms with Crippen molar-refractivity contribution in [2.45, 2.75) is 69.2 Å². The number of rotatable bonds is 3. The number of aromatic nitrogens is 3. The van der Waals surface area contributed by atoms with E-state index in [0.29, 0.717) is 21.3 Å². The maximum absolute atomic E-state index is 6.20. The molecule has 1 aliphatic carbocycles. The van der Waals surface area contributed by atoms with Gasteiger partial charge in [0.25, 0.3) is 0 Å². The van der Waals surface area contributed by atoms with E-state index in [2.05, 4.69) is 58.6 Å². The van der Waals surface area contributed by atoms with Crippen molar-refractivity contribution in [1.29, 1.82) is 0 Å². The molecule has 1 aliphatic heterocycles. The number of pyridine rings is 1. The second-order valence-corrected chi connectivity index (χ2v) is 10.6. The summed E-state index contributed by atoms with van der Waals surface area (Å²) >= 11 is 16.5. The summed E-state index contributed by atoms with van der Waals surface area (Å²) in [6.07, 6.45) is 11.5. The number of nitrogen functional groups attached to an aromatic ring is 1. The monoisotopic (exact) mass is 516 g/mol. The van der Waals surface area contributed by atoms with Gasteiger partial charge in [-0.15, -0.1) is 12.8 Å². The molecule has 0 unspecified atom stereocenters. The molecule has 4 N–H and O–H groups in total. The minimum atomic E-state index is 0.272. The van der Waals surface area contributed by atoms with Gasteiger partial charge in [-0.2, -0.15) is 0 Å². The third-order valence-corrected chi connectivity index (χ3v) is 7.53. The van der Waals surface area contributed by atoms with E-state index in [-0.39, 0.29) is 5.15 Å². The molecule has 0 bridgehead atoms. The molecule has 4 rings (SSSR count). The Hall–Kier alpha value is -0.930. The normalized spacial score (nSPS) is 16.9. The molecule has 0 amide bonds. The van der Waals surface area contributed by atoms with Crippen molar-refractivity contribution >= 4 is 59.4 Å². The first-order chi connectivity index (χ1) is 15.3. The Kier molecular flexibility index (Phi) is 11.2. The molecular formula is C22H34Cl2N6S2. The lowest BCUT2D eigenvalue weighted by molar-refractivity contribution is 0.226. The Morgan fingerprint density at radius 3 is 2.22 bits per heavy atom. The number of nitrogens with zero attached hydrogens (tertiary/aromatic N) is 4. The van der Waals surface area contributed by atoms with Crippen molar-refractivity contribution in [1.82, 2.24) is 15.0 Å². The number of piperidine rings is 1. The zero-order valence-corrected chi connectivity index (χ0v) is 22.2. The molecule has 1 spiro atoms. The van der Waals surface area contributed by atoms with Crippen LogP contribution in [0.25, 0.3) is 0 Å². The number of thiol groups is 1. The fourth-order valence-corrected chi connectivity index (χ4v) is 5.25. The van der Waals surface area contributed by atoms with Gasteiger partial charge in [-0.25, -0.2) is 15.0 Å². The van der Waals surface area contributed by atoms with Crippen molar-refractivity contribution in [2.75, 3.05) is 23.7 Å². The highest BCUT2D eigenvalue weighted by Crippen LogP contribution is 2.46. The van der Waals surface area contributed by atoms with Crippen LogP contribution >= 0.6 is 47.8 Å². The van der Waals surface area contributed by atoms with Crippen LogP contribution in [-0.4, -0.2) is 28.0 Å². The summed E-state index contributed by atoms with van der Waals surface area (Å²) in [6.45, 7) is 8.57. The first-order valence-corrected chi connectivity index (χ1v) is 13.0. The number of hydrogen-bond acceptors (Lipinski definition) is 8. The van der Waals surface area contributed by atoms with Gasteiger partial charge in [0, 0.05) is 24.2 Å². The quantitative estimate of drug-likeness (QED) is 0.315. The van der Waals surface area contributed by atoms with E-state index in [9.17, 15) is 0 Å². The van der Waals surface area contributed by atoms with Gasteiger partial charge in [-0.05, 0) is 43.1 Å². The molecule has 32 heavy (non-hydrogen) atoms. The maximum Gasteiger partial charge on any atom is 0.158 e. The van der Waals surface area contributed by atoms with E-state index in [4.69, 9.17) is 28.9 Å². The fraction of sp³-hybridized carbons (Fsp3) is 0.591.